The average molecular weight is 383 g/mol. The van der Waals surface area contributed by atoms with Crippen molar-refractivity contribution < 1.29 is 23.0 Å². The molecule has 0 aliphatic heterocycles. The largest absolute Gasteiger partial charge is 0.489 e. The summed E-state index contributed by atoms with van der Waals surface area (Å²) in [6.07, 6.45) is 0. The van der Waals surface area contributed by atoms with Crippen LogP contribution in [0.3, 0.4) is 0 Å². The van der Waals surface area contributed by atoms with Gasteiger partial charge < -0.3 is 14.8 Å². The highest BCUT2D eigenvalue weighted by atomic mass is 19.3. The second-order valence-electron chi connectivity index (χ2n) is 5.97. The van der Waals surface area contributed by atoms with E-state index in [1.165, 1.54) is 12.1 Å². The van der Waals surface area contributed by atoms with Crippen molar-refractivity contribution in [2.24, 2.45) is 0 Å². The molecule has 0 heterocycles. The number of hydrogen-bond donors (Lipinski definition) is 1. The highest BCUT2D eigenvalue weighted by Gasteiger charge is 2.12. The molecule has 4 nitrogen and oxygen atoms in total. The maximum Gasteiger partial charge on any atom is 0.387 e. The summed E-state index contributed by atoms with van der Waals surface area (Å²) in [5, 5.41) is 2.80. The smallest absolute Gasteiger partial charge is 0.387 e. The first kappa shape index (κ1) is 19.4. The normalized spacial score (nSPS) is 10.5. The van der Waals surface area contributed by atoms with Crippen molar-refractivity contribution >= 4 is 5.91 Å². The number of carbonyl (C=O) groups is 1. The predicted molar refractivity (Wildman–Crippen MR) is 101 cm³/mol. The average Bonchev–Trinajstić information content (AvgIpc) is 2.71. The maximum atomic E-state index is 12.6. The summed E-state index contributed by atoms with van der Waals surface area (Å²) >= 11 is 0. The van der Waals surface area contributed by atoms with E-state index in [4.69, 9.17) is 4.74 Å². The van der Waals surface area contributed by atoms with Crippen LogP contribution in [0.1, 0.15) is 21.5 Å². The summed E-state index contributed by atoms with van der Waals surface area (Å²) in [5.74, 6) is 0.499. The molecule has 0 aliphatic rings. The number of alkyl halides is 2. The van der Waals surface area contributed by atoms with E-state index in [1.54, 1.807) is 24.3 Å². The number of carbonyl (C=O) groups excluding carboxylic acids is 1. The summed E-state index contributed by atoms with van der Waals surface area (Å²) in [6.45, 7) is -2.44. The minimum atomic E-state index is -2.89. The van der Waals surface area contributed by atoms with Gasteiger partial charge in [0.25, 0.3) is 5.91 Å². The van der Waals surface area contributed by atoms with Crippen molar-refractivity contribution in [2.45, 2.75) is 19.8 Å². The van der Waals surface area contributed by atoms with Crippen LogP contribution in [0.5, 0.6) is 11.5 Å². The maximum absolute atomic E-state index is 12.6. The molecule has 0 saturated heterocycles. The van der Waals surface area contributed by atoms with Crippen LogP contribution >= 0.6 is 0 Å². The van der Waals surface area contributed by atoms with Gasteiger partial charge in [0.15, 0.2) is 0 Å². The molecule has 0 radical (unpaired) electrons. The van der Waals surface area contributed by atoms with Crippen molar-refractivity contribution in [3.8, 4) is 11.5 Å². The Morgan fingerprint density at radius 2 is 1.61 bits per heavy atom. The number of para-hydroxylation sites is 1. The van der Waals surface area contributed by atoms with Gasteiger partial charge in [0.2, 0.25) is 0 Å². The minimum Gasteiger partial charge on any atom is -0.489 e. The molecule has 0 atom stereocenters. The van der Waals surface area contributed by atoms with E-state index >= 15 is 0 Å². The lowest BCUT2D eigenvalue weighted by molar-refractivity contribution is -0.0498. The molecule has 3 aromatic rings. The van der Waals surface area contributed by atoms with Gasteiger partial charge in [0.1, 0.15) is 18.1 Å². The van der Waals surface area contributed by atoms with E-state index in [0.717, 1.165) is 5.56 Å². The number of hydrogen-bond acceptors (Lipinski definition) is 3. The molecule has 0 aliphatic carbocycles. The topological polar surface area (TPSA) is 47.6 Å². The highest BCUT2D eigenvalue weighted by molar-refractivity contribution is 5.95. The summed E-state index contributed by atoms with van der Waals surface area (Å²) in [7, 11) is 0. The molecule has 1 amide bonds. The van der Waals surface area contributed by atoms with Gasteiger partial charge in [0.05, 0.1) is 0 Å². The second kappa shape index (κ2) is 9.50. The second-order valence-corrected chi connectivity index (χ2v) is 5.97. The van der Waals surface area contributed by atoms with E-state index < -0.39 is 6.61 Å². The Morgan fingerprint density at radius 1 is 0.893 bits per heavy atom. The van der Waals surface area contributed by atoms with Crippen molar-refractivity contribution in [3.63, 3.8) is 0 Å². The van der Waals surface area contributed by atoms with Crippen LogP contribution in [-0.2, 0) is 13.2 Å². The summed E-state index contributed by atoms with van der Waals surface area (Å²) in [4.78, 5) is 12.6. The van der Waals surface area contributed by atoms with Gasteiger partial charge >= 0.3 is 6.61 Å². The predicted octanol–water partition coefficient (Wildman–Crippen LogP) is 4.80. The summed E-state index contributed by atoms with van der Waals surface area (Å²) in [6, 6.07) is 22.7. The molecule has 3 aromatic carbocycles. The number of benzene rings is 3. The van der Waals surface area contributed by atoms with Gasteiger partial charge in [-0.15, -0.1) is 0 Å². The molecular formula is C22H19F2NO3. The van der Waals surface area contributed by atoms with Crippen LogP contribution in [0, 0.1) is 0 Å². The molecular weight excluding hydrogens is 364 g/mol. The van der Waals surface area contributed by atoms with Crippen LogP contribution in [0.2, 0.25) is 0 Å². The van der Waals surface area contributed by atoms with Gasteiger partial charge in [-0.3, -0.25) is 4.79 Å². The molecule has 0 saturated carbocycles. The Morgan fingerprint density at radius 3 is 2.39 bits per heavy atom. The van der Waals surface area contributed by atoms with E-state index in [2.05, 4.69) is 10.1 Å². The Balaban J connectivity index is 1.63. The van der Waals surface area contributed by atoms with Crippen molar-refractivity contribution in [1.29, 1.82) is 0 Å². The zero-order chi connectivity index (χ0) is 19.8. The molecule has 3 rings (SSSR count). The van der Waals surface area contributed by atoms with Crippen molar-refractivity contribution in [1.82, 2.24) is 5.32 Å². The van der Waals surface area contributed by atoms with Crippen LogP contribution in [0.25, 0.3) is 0 Å². The van der Waals surface area contributed by atoms with Crippen molar-refractivity contribution in [3.05, 3.63) is 95.6 Å². The summed E-state index contributed by atoms with van der Waals surface area (Å²) < 4.78 is 34.8. The first-order valence-corrected chi connectivity index (χ1v) is 8.69. The molecule has 144 valence electrons. The number of rotatable bonds is 8. The third-order valence-electron chi connectivity index (χ3n) is 3.98. The molecule has 1 N–H and O–H groups in total. The van der Waals surface area contributed by atoms with Gasteiger partial charge in [-0.05, 0) is 35.9 Å². The Labute approximate surface area is 161 Å². The highest BCUT2D eigenvalue weighted by Crippen LogP contribution is 2.17. The van der Waals surface area contributed by atoms with Crippen LogP contribution < -0.4 is 14.8 Å². The SMILES string of the molecule is O=C(NCc1cccc(OC(F)F)c1)c1ccccc1COc1ccccc1. The fraction of sp³-hybridized carbons (Fsp3) is 0.136. The van der Waals surface area contributed by atoms with Gasteiger partial charge in [-0.2, -0.15) is 8.78 Å². The van der Waals surface area contributed by atoms with Crippen LogP contribution in [0.4, 0.5) is 8.78 Å². The Kier molecular flexibility index (Phi) is 6.57. The Hall–Kier alpha value is -3.41. The quantitative estimate of drug-likeness (QED) is 0.608. The fourth-order valence-electron chi connectivity index (χ4n) is 2.65. The number of halogens is 2. The number of ether oxygens (including phenoxy) is 2. The number of nitrogens with one attached hydrogen (secondary N) is 1. The Bertz CT molecular complexity index is 916. The van der Waals surface area contributed by atoms with Gasteiger partial charge in [0, 0.05) is 17.7 Å². The molecule has 0 aromatic heterocycles. The number of amides is 1. The standard InChI is InChI=1S/C22H19F2NO3/c23-22(24)28-19-11-6-7-16(13-19)14-25-21(26)20-12-5-4-8-17(20)15-27-18-9-2-1-3-10-18/h1-13,22H,14-15H2,(H,25,26). The lowest BCUT2D eigenvalue weighted by atomic mass is 10.1. The van der Waals surface area contributed by atoms with E-state index in [0.29, 0.717) is 16.9 Å². The molecule has 0 spiro atoms. The minimum absolute atomic E-state index is 0.0541. The lowest BCUT2D eigenvalue weighted by Crippen LogP contribution is -2.24. The van der Waals surface area contributed by atoms with E-state index in [9.17, 15) is 13.6 Å². The first-order valence-electron chi connectivity index (χ1n) is 8.69. The molecule has 6 heteroatoms. The fourth-order valence-corrected chi connectivity index (χ4v) is 2.65. The monoisotopic (exact) mass is 383 g/mol. The van der Waals surface area contributed by atoms with E-state index in [-0.39, 0.29) is 24.8 Å². The summed E-state index contributed by atoms with van der Waals surface area (Å²) in [5.41, 5.74) is 1.90. The lowest BCUT2D eigenvalue weighted by Gasteiger charge is -2.12. The zero-order valence-electron chi connectivity index (χ0n) is 15.0. The van der Waals surface area contributed by atoms with E-state index in [1.807, 2.05) is 42.5 Å². The third kappa shape index (κ3) is 5.54. The molecule has 28 heavy (non-hydrogen) atoms. The molecule has 0 bridgehead atoms. The molecule has 0 unspecified atom stereocenters. The van der Waals surface area contributed by atoms with Crippen LogP contribution in [-0.4, -0.2) is 12.5 Å². The van der Waals surface area contributed by atoms with Crippen molar-refractivity contribution in [2.75, 3.05) is 0 Å². The third-order valence-corrected chi connectivity index (χ3v) is 3.98. The first-order chi connectivity index (χ1) is 13.6. The van der Waals surface area contributed by atoms with Gasteiger partial charge in [-0.25, -0.2) is 0 Å². The zero-order valence-corrected chi connectivity index (χ0v) is 15.0. The van der Waals surface area contributed by atoms with Crippen LogP contribution in [0.15, 0.2) is 78.9 Å². The molecule has 0 fully saturated rings. The van der Waals surface area contributed by atoms with Gasteiger partial charge in [-0.1, -0.05) is 48.5 Å².